The normalized spacial score (nSPS) is 24.1. The molecule has 1 aromatic heterocycles. The quantitative estimate of drug-likeness (QED) is 0.812. The first-order valence-corrected chi connectivity index (χ1v) is 8.32. The van der Waals surface area contributed by atoms with Crippen LogP contribution >= 0.6 is 0 Å². The molecule has 3 rings (SSSR count). The third kappa shape index (κ3) is 3.42. The maximum absolute atomic E-state index is 12.8. The summed E-state index contributed by atoms with van der Waals surface area (Å²) in [6.45, 7) is 0.408. The molecule has 7 nitrogen and oxygen atoms in total. The zero-order valence-electron chi connectivity index (χ0n) is 13.8. The van der Waals surface area contributed by atoms with Crippen molar-refractivity contribution in [2.75, 3.05) is 26.8 Å². The van der Waals surface area contributed by atoms with Gasteiger partial charge < -0.3 is 19.6 Å². The molecule has 1 aliphatic heterocycles. The Kier molecular flexibility index (Phi) is 5.11. The van der Waals surface area contributed by atoms with E-state index >= 15 is 0 Å². The second-order valence-electron chi connectivity index (χ2n) is 6.33. The molecule has 7 heteroatoms. The predicted octanol–water partition coefficient (Wildman–Crippen LogP) is 0.353. The fourth-order valence-corrected chi connectivity index (χ4v) is 3.14. The highest BCUT2D eigenvalue weighted by atomic mass is 16.5. The number of carbonyl (C=O) groups is 2. The molecule has 24 heavy (non-hydrogen) atoms. The second kappa shape index (κ2) is 7.27. The summed E-state index contributed by atoms with van der Waals surface area (Å²) >= 11 is 0. The SMILES string of the molecule is CN(CCCO)C(=O)[C@H]1OCC(=O)N(C2CC2)[C@@H]1c1cccnc1. The minimum atomic E-state index is -0.740. The maximum atomic E-state index is 12.8. The summed E-state index contributed by atoms with van der Waals surface area (Å²) in [7, 11) is 1.69. The number of pyridine rings is 1. The van der Waals surface area contributed by atoms with Crippen molar-refractivity contribution in [3.05, 3.63) is 30.1 Å². The molecule has 2 heterocycles. The van der Waals surface area contributed by atoms with Crippen molar-refractivity contribution in [2.45, 2.75) is 37.5 Å². The molecule has 0 spiro atoms. The highest BCUT2D eigenvalue weighted by Gasteiger charge is 2.48. The van der Waals surface area contributed by atoms with Crippen molar-refractivity contribution in [1.82, 2.24) is 14.8 Å². The van der Waals surface area contributed by atoms with E-state index in [1.54, 1.807) is 30.4 Å². The van der Waals surface area contributed by atoms with Gasteiger partial charge in [-0.05, 0) is 30.9 Å². The van der Waals surface area contributed by atoms with E-state index in [2.05, 4.69) is 4.98 Å². The van der Waals surface area contributed by atoms with E-state index in [1.807, 2.05) is 11.0 Å². The van der Waals surface area contributed by atoms with Gasteiger partial charge in [-0.15, -0.1) is 0 Å². The minimum Gasteiger partial charge on any atom is -0.396 e. The maximum Gasteiger partial charge on any atom is 0.253 e. The van der Waals surface area contributed by atoms with E-state index in [1.165, 1.54) is 0 Å². The average molecular weight is 333 g/mol. The first kappa shape index (κ1) is 16.9. The molecule has 2 fully saturated rings. The number of aromatic nitrogens is 1. The topological polar surface area (TPSA) is 83.0 Å². The Morgan fingerprint density at radius 2 is 2.29 bits per heavy atom. The van der Waals surface area contributed by atoms with Crippen LogP contribution in [0.25, 0.3) is 0 Å². The monoisotopic (exact) mass is 333 g/mol. The molecule has 0 bridgehead atoms. The number of carbonyl (C=O) groups excluding carboxylic acids is 2. The van der Waals surface area contributed by atoms with Crippen LogP contribution < -0.4 is 0 Å². The van der Waals surface area contributed by atoms with Crippen molar-refractivity contribution in [2.24, 2.45) is 0 Å². The van der Waals surface area contributed by atoms with Gasteiger partial charge in [0.25, 0.3) is 5.91 Å². The lowest BCUT2D eigenvalue weighted by atomic mass is 9.98. The van der Waals surface area contributed by atoms with Crippen LogP contribution in [0.5, 0.6) is 0 Å². The molecule has 0 radical (unpaired) electrons. The molecule has 1 aromatic rings. The van der Waals surface area contributed by atoms with Crippen molar-refractivity contribution in [3.8, 4) is 0 Å². The zero-order valence-corrected chi connectivity index (χ0v) is 13.8. The zero-order chi connectivity index (χ0) is 17.1. The van der Waals surface area contributed by atoms with Crippen LogP contribution in [0.1, 0.15) is 30.9 Å². The highest BCUT2D eigenvalue weighted by molar-refractivity contribution is 5.86. The molecule has 1 N–H and O–H groups in total. The number of aliphatic hydroxyl groups is 1. The first-order valence-electron chi connectivity index (χ1n) is 8.32. The number of aliphatic hydroxyl groups excluding tert-OH is 1. The van der Waals surface area contributed by atoms with Gasteiger partial charge in [0, 0.05) is 38.6 Å². The van der Waals surface area contributed by atoms with Crippen molar-refractivity contribution in [1.29, 1.82) is 0 Å². The van der Waals surface area contributed by atoms with E-state index in [-0.39, 0.29) is 31.1 Å². The Balaban J connectivity index is 1.88. The second-order valence-corrected chi connectivity index (χ2v) is 6.33. The fourth-order valence-electron chi connectivity index (χ4n) is 3.14. The lowest BCUT2D eigenvalue weighted by Gasteiger charge is -2.41. The van der Waals surface area contributed by atoms with Gasteiger partial charge in [-0.1, -0.05) is 6.07 Å². The van der Waals surface area contributed by atoms with Crippen LogP contribution in [0.3, 0.4) is 0 Å². The predicted molar refractivity (Wildman–Crippen MR) is 85.9 cm³/mol. The molecule has 1 saturated carbocycles. The standard InChI is InChI=1S/C17H23N3O4/c1-19(8-3-9-21)17(23)16-15(12-4-2-7-18-10-12)20(13-5-6-13)14(22)11-24-16/h2,4,7,10,13,15-16,21H,3,5-6,8-9,11H2,1H3/t15-,16+/m1/s1. The van der Waals surface area contributed by atoms with Crippen molar-refractivity contribution in [3.63, 3.8) is 0 Å². The molecule has 2 aliphatic rings. The van der Waals surface area contributed by atoms with Crippen molar-refractivity contribution >= 4 is 11.8 Å². The van der Waals surface area contributed by atoms with E-state index in [0.29, 0.717) is 13.0 Å². The van der Waals surface area contributed by atoms with Gasteiger partial charge in [-0.3, -0.25) is 14.6 Å². The number of hydrogen-bond donors (Lipinski definition) is 1. The van der Waals surface area contributed by atoms with Crippen LogP contribution in [0.4, 0.5) is 0 Å². The number of morpholine rings is 1. The fraction of sp³-hybridized carbons (Fsp3) is 0.588. The van der Waals surface area contributed by atoms with Crippen LogP contribution in [0, 0.1) is 0 Å². The van der Waals surface area contributed by atoms with Gasteiger partial charge in [-0.2, -0.15) is 0 Å². The molecule has 2 atom stereocenters. The van der Waals surface area contributed by atoms with Gasteiger partial charge in [0.05, 0.1) is 6.04 Å². The van der Waals surface area contributed by atoms with Crippen LogP contribution in [-0.4, -0.2) is 70.7 Å². The highest BCUT2D eigenvalue weighted by Crippen LogP contribution is 2.39. The van der Waals surface area contributed by atoms with Gasteiger partial charge in [0.1, 0.15) is 6.61 Å². The van der Waals surface area contributed by atoms with Gasteiger partial charge >= 0.3 is 0 Å². The summed E-state index contributed by atoms with van der Waals surface area (Å²) in [5.41, 5.74) is 0.811. The number of hydrogen-bond acceptors (Lipinski definition) is 5. The van der Waals surface area contributed by atoms with Gasteiger partial charge in [0.15, 0.2) is 6.10 Å². The molecule has 2 amide bonds. The number of ether oxygens (including phenoxy) is 1. The van der Waals surface area contributed by atoms with E-state index < -0.39 is 12.1 Å². The number of amides is 2. The summed E-state index contributed by atoms with van der Waals surface area (Å²) in [5.74, 6) is -0.246. The summed E-state index contributed by atoms with van der Waals surface area (Å²) in [6, 6.07) is 3.42. The van der Waals surface area contributed by atoms with Crippen molar-refractivity contribution < 1.29 is 19.4 Å². The number of likely N-dealkylation sites (N-methyl/N-ethyl adjacent to an activating group) is 1. The summed E-state index contributed by atoms with van der Waals surface area (Å²) in [5, 5.41) is 8.96. The lowest BCUT2D eigenvalue weighted by molar-refractivity contribution is -0.169. The Bertz CT molecular complexity index is 591. The average Bonchev–Trinajstić information content (AvgIpc) is 3.44. The summed E-state index contributed by atoms with van der Waals surface area (Å²) < 4.78 is 5.66. The Morgan fingerprint density at radius 1 is 1.50 bits per heavy atom. The Morgan fingerprint density at radius 3 is 2.92 bits per heavy atom. The summed E-state index contributed by atoms with van der Waals surface area (Å²) in [6.07, 6.45) is 5.05. The number of rotatable bonds is 6. The Labute approximate surface area is 141 Å². The third-order valence-corrected chi connectivity index (χ3v) is 4.50. The summed E-state index contributed by atoms with van der Waals surface area (Å²) in [4.78, 5) is 32.7. The molecule has 0 unspecified atom stereocenters. The van der Waals surface area contributed by atoms with Gasteiger partial charge in [0.2, 0.25) is 5.91 Å². The smallest absolute Gasteiger partial charge is 0.253 e. The molecule has 1 saturated heterocycles. The van der Waals surface area contributed by atoms with E-state index in [4.69, 9.17) is 9.84 Å². The molecule has 130 valence electrons. The number of nitrogens with zero attached hydrogens (tertiary/aromatic N) is 3. The van der Waals surface area contributed by atoms with Crippen LogP contribution in [0.2, 0.25) is 0 Å². The van der Waals surface area contributed by atoms with E-state index in [0.717, 1.165) is 18.4 Å². The molecule has 0 aromatic carbocycles. The largest absolute Gasteiger partial charge is 0.396 e. The van der Waals surface area contributed by atoms with E-state index in [9.17, 15) is 9.59 Å². The minimum absolute atomic E-state index is 0.0296. The lowest BCUT2D eigenvalue weighted by Crippen LogP contribution is -2.55. The molecule has 1 aliphatic carbocycles. The Hall–Kier alpha value is -1.99. The molecular formula is C17H23N3O4. The van der Waals surface area contributed by atoms with Crippen LogP contribution in [0.15, 0.2) is 24.5 Å². The first-order chi connectivity index (χ1) is 11.6. The van der Waals surface area contributed by atoms with Crippen LogP contribution in [-0.2, 0) is 14.3 Å². The van der Waals surface area contributed by atoms with Gasteiger partial charge in [-0.25, -0.2) is 0 Å². The third-order valence-electron chi connectivity index (χ3n) is 4.50. The molecular weight excluding hydrogens is 310 g/mol.